The average Bonchev–Trinajstić information content (AvgIpc) is 2.82. The molecule has 2 saturated heterocycles. The number of benzene rings is 2. The quantitative estimate of drug-likeness (QED) is 0.230. The summed E-state index contributed by atoms with van der Waals surface area (Å²) in [7, 11) is 0. The molecule has 2 fully saturated rings. The Balaban J connectivity index is 1.51. The van der Waals surface area contributed by atoms with Crippen LogP contribution >= 0.6 is 11.6 Å². The Morgan fingerprint density at radius 2 is 2.00 bits per heavy atom. The highest BCUT2D eigenvalue weighted by Crippen LogP contribution is 2.50. The van der Waals surface area contributed by atoms with Gasteiger partial charge in [-0.2, -0.15) is 0 Å². The molecule has 0 aliphatic carbocycles. The van der Waals surface area contributed by atoms with Crippen molar-refractivity contribution in [1.82, 2.24) is 20.2 Å². The second kappa shape index (κ2) is 10.1. The number of amides is 1. The lowest BCUT2D eigenvalue weighted by Crippen LogP contribution is -2.80. The second-order valence-corrected chi connectivity index (χ2v) is 12.4. The zero-order chi connectivity index (χ0) is 29.7. The number of rotatable bonds is 4. The van der Waals surface area contributed by atoms with E-state index in [9.17, 15) is 19.3 Å². The molecule has 214 valence electrons. The van der Waals surface area contributed by atoms with Gasteiger partial charge in [0.05, 0.1) is 27.2 Å². The maximum atomic E-state index is 14.5. The Kier molecular flexibility index (Phi) is 7.04. The molecule has 2 aliphatic rings. The molecule has 0 radical (unpaired) electrons. The molecule has 3 aromatic rings. The number of nitro groups is 1. The number of likely N-dealkylation sites (tertiary alicyclic amines) is 1. The van der Waals surface area contributed by atoms with Gasteiger partial charge in [0.15, 0.2) is 5.82 Å². The van der Waals surface area contributed by atoms with Crippen LogP contribution in [0.1, 0.15) is 40.2 Å². The van der Waals surface area contributed by atoms with Gasteiger partial charge in [0.25, 0.3) is 5.69 Å². The van der Waals surface area contributed by atoms with Gasteiger partial charge in [0.1, 0.15) is 23.3 Å². The fourth-order valence-corrected chi connectivity index (χ4v) is 5.77. The predicted molar refractivity (Wildman–Crippen MR) is 154 cm³/mol. The number of halogens is 2. The van der Waals surface area contributed by atoms with Crippen molar-refractivity contribution in [3.05, 3.63) is 63.2 Å². The standard InChI is InChI=1S/C29H30ClFN6O4/c1-27(2,3)41-26(38)36-15-29(13-32-14-29)25(36)28(4,5)10-9-17-11-21-18(12-22(17)37(39)40)24(34-16-33-21)35-20-8-6-7-19(30)23(20)31/h6-8,11-12,16,25,32H,13-15H2,1-5H3,(H,33,34,35). The molecule has 0 saturated carbocycles. The molecule has 3 heterocycles. The minimum Gasteiger partial charge on any atom is -0.444 e. The number of fused-ring (bicyclic) bond motifs is 1. The van der Waals surface area contributed by atoms with Gasteiger partial charge in [-0.1, -0.05) is 29.5 Å². The fraction of sp³-hybridized carbons (Fsp3) is 0.414. The molecule has 1 unspecified atom stereocenters. The summed E-state index contributed by atoms with van der Waals surface area (Å²) < 4.78 is 20.1. The van der Waals surface area contributed by atoms with Crippen LogP contribution in [0.4, 0.5) is 26.4 Å². The number of nitrogens with zero attached hydrogens (tertiary/aromatic N) is 4. The number of ether oxygens (including phenoxy) is 1. The number of carbonyl (C=O) groups excluding carboxylic acids is 1. The predicted octanol–water partition coefficient (Wildman–Crippen LogP) is 5.66. The normalized spacial score (nSPS) is 17.7. The van der Waals surface area contributed by atoms with Crippen molar-refractivity contribution in [2.45, 2.75) is 46.3 Å². The first-order valence-electron chi connectivity index (χ1n) is 13.1. The number of aromatic nitrogens is 2. The van der Waals surface area contributed by atoms with Gasteiger partial charge < -0.3 is 20.3 Å². The van der Waals surface area contributed by atoms with Crippen LogP contribution in [0.15, 0.2) is 36.7 Å². The molecule has 41 heavy (non-hydrogen) atoms. The molecule has 2 N–H and O–H groups in total. The molecular formula is C29H30ClFN6O4. The Hall–Kier alpha value is -4.01. The Labute approximate surface area is 241 Å². The van der Waals surface area contributed by atoms with Crippen molar-refractivity contribution in [3.8, 4) is 11.8 Å². The first-order chi connectivity index (χ1) is 19.2. The number of carbonyl (C=O) groups is 1. The first-order valence-corrected chi connectivity index (χ1v) is 13.5. The van der Waals surface area contributed by atoms with Gasteiger partial charge in [-0.15, -0.1) is 0 Å². The molecule has 12 heteroatoms. The van der Waals surface area contributed by atoms with Crippen LogP contribution in [0.3, 0.4) is 0 Å². The van der Waals surface area contributed by atoms with Gasteiger partial charge in [0, 0.05) is 41.9 Å². The van der Waals surface area contributed by atoms with E-state index in [1.165, 1.54) is 30.6 Å². The summed E-state index contributed by atoms with van der Waals surface area (Å²) in [6.07, 6.45) is 0.875. The van der Waals surface area contributed by atoms with Crippen LogP contribution in [0.2, 0.25) is 5.02 Å². The van der Waals surface area contributed by atoms with E-state index in [0.717, 1.165) is 13.1 Å². The number of nitrogens with one attached hydrogen (secondary N) is 2. The zero-order valence-corrected chi connectivity index (χ0v) is 24.1. The van der Waals surface area contributed by atoms with Crippen molar-refractivity contribution in [2.24, 2.45) is 10.8 Å². The Morgan fingerprint density at radius 3 is 2.63 bits per heavy atom. The highest BCUT2D eigenvalue weighted by molar-refractivity contribution is 6.31. The van der Waals surface area contributed by atoms with Gasteiger partial charge in [-0.05, 0) is 52.8 Å². The largest absolute Gasteiger partial charge is 0.444 e. The van der Waals surface area contributed by atoms with E-state index in [2.05, 4.69) is 32.4 Å². The number of nitro benzene ring substituents is 1. The zero-order valence-electron chi connectivity index (χ0n) is 23.3. The average molecular weight is 581 g/mol. The van der Waals surface area contributed by atoms with Crippen LogP contribution < -0.4 is 10.6 Å². The van der Waals surface area contributed by atoms with Crippen LogP contribution in [0, 0.1) is 38.6 Å². The summed E-state index contributed by atoms with van der Waals surface area (Å²) in [6.45, 7) is 11.4. The highest BCUT2D eigenvalue weighted by atomic mass is 35.5. The van der Waals surface area contributed by atoms with E-state index in [-0.39, 0.29) is 39.2 Å². The molecule has 1 spiro atoms. The lowest BCUT2D eigenvalue weighted by atomic mass is 9.58. The molecule has 1 atom stereocenters. The molecule has 2 aliphatic heterocycles. The van der Waals surface area contributed by atoms with Gasteiger partial charge in [-0.25, -0.2) is 19.2 Å². The summed E-state index contributed by atoms with van der Waals surface area (Å²) in [5.74, 6) is 5.74. The number of anilines is 2. The molecule has 1 amide bonds. The highest BCUT2D eigenvalue weighted by Gasteiger charge is 2.63. The van der Waals surface area contributed by atoms with Crippen molar-refractivity contribution >= 4 is 45.8 Å². The molecular weight excluding hydrogens is 551 g/mol. The van der Waals surface area contributed by atoms with E-state index >= 15 is 0 Å². The summed E-state index contributed by atoms with van der Waals surface area (Å²) in [6, 6.07) is 7.07. The third-order valence-corrected chi connectivity index (χ3v) is 7.61. The fourth-order valence-electron chi connectivity index (χ4n) is 5.60. The van der Waals surface area contributed by atoms with E-state index < -0.39 is 27.8 Å². The van der Waals surface area contributed by atoms with Gasteiger partial charge >= 0.3 is 6.09 Å². The summed E-state index contributed by atoms with van der Waals surface area (Å²) in [5, 5.41) is 18.5. The summed E-state index contributed by atoms with van der Waals surface area (Å²) in [4.78, 5) is 34.7. The van der Waals surface area contributed by atoms with Gasteiger partial charge in [0.2, 0.25) is 0 Å². The maximum Gasteiger partial charge on any atom is 0.410 e. The lowest BCUT2D eigenvalue weighted by molar-refractivity contribution is -0.385. The maximum absolute atomic E-state index is 14.5. The third-order valence-electron chi connectivity index (χ3n) is 7.32. The van der Waals surface area contributed by atoms with Crippen LogP contribution in [-0.4, -0.2) is 57.2 Å². The minimum absolute atomic E-state index is 0.0697. The van der Waals surface area contributed by atoms with Crippen LogP contribution in [0.25, 0.3) is 10.9 Å². The lowest BCUT2D eigenvalue weighted by Gasteiger charge is -2.65. The van der Waals surface area contributed by atoms with Crippen LogP contribution in [0.5, 0.6) is 0 Å². The number of hydrogen-bond donors (Lipinski definition) is 2. The topological polar surface area (TPSA) is 123 Å². The Bertz CT molecular complexity index is 1620. The van der Waals surface area contributed by atoms with Crippen LogP contribution in [-0.2, 0) is 4.74 Å². The molecule has 10 nitrogen and oxygen atoms in total. The van der Waals surface area contributed by atoms with E-state index in [1.807, 2.05) is 34.6 Å². The van der Waals surface area contributed by atoms with Crippen molar-refractivity contribution < 1.29 is 18.8 Å². The molecule has 0 bridgehead atoms. The SMILES string of the molecule is CC(C)(C)OC(=O)N1CC2(CNC2)C1C(C)(C)C#Cc1cc2ncnc(Nc3cccc(Cl)c3F)c2cc1[N+](=O)[O-]. The molecule has 2 aromatic carbocycles. The molecule has 5 rings (SSSR count). The number of hydrogen-bond acceptors (Lipinski definition) is 8. The monoisotopic (exact) mass is 580 g/mol. The van der Waals surface area contributed by atoms with Gasteiger partial charge in [-0.3, -0.25) is 10.1 Å². The summed E-state index contributed by atoms with van der Waals surface area (Å²) >= 11 is 5.89. The van der Waals surface area contributed by atoms with Crippen molar-refractivity contribution in [3.63, 3.8) is 0 Å². The van der Waals surface area contributed by atoms with Crippen molar-refractivity contribution in [2.75, 3.05) is 25.0 Å². The smallest absolute Gasteiger partial charge is 0.410 e. The second-order valence-electron chi connectivity index (χ2n) is 12.0. The van der Waals surface area contributed by atoms with E-state index in [0.29, 0.717) is 17.4 Å². The Morgan fingerprint density at radius 1 is 1.27 bits per heavy atom. The van der Waals surface area contributed by atoms with E-state index in [4.69, 9.17) is 16.3 Å². The molecule has 1 aromatic heterocycles. The first kappa shape index (κ1) is 28.5. The minimum atomic E-state index is -0.720. The van der Waals surface area contributed by atoms with E-state index in [1.54, 1.807) is 11.0 Å². The van der Waals surface area contributed by atoms with Crippen molar-refractivity contribution in [1.29, 1.82) is 0 Å². The third kappa shape index (κ3) is 5.37. The summed E-state index contributed by atoms with van der Waals surface area (Å²) in [5.41, 5.74) is -1.12.